The Morgan fingerprint density at radius 2 is 0.477 bits per heavy atom. The van der Waals surface area contributed by atoms with Gasteiger partial charge in [-0.1, -0.05) is 438 Å². The fourth-order valence-electron chi connectivity index (χ4n) is 13.3. The molecule has 0 aromatic carbocycles. The van der Waals surface area contributed by atoms with Crippen molar-refractivity contribution in [2.24, 2.45) is 0 Å². The van der Waals surface area contributed by atoms with Gasteiger partial charge in [-0.25, -0.2) is 0 Å². The fourth-order valence-corrected chi connectivity index (χ4v) is 13.3. The van der Waals surface area contributed by atoms with Gasteiger partial charge >= 0.3 is 5.97 Å². The Hall–Kier alpha value is -1.14. The van der Waals surface area contributed by atoms with Crippen molar-refractivity contribution in [2.45, 2.75) is 488 Å². The molecule has 0 aromatic rings. The van der Waals surface area contributed by atoms with Crippen LogP contribution in [0.4, 0.5) is 0 Å². The number of amides is 1. The molecule has 0 bridgehead atoms. The number of rotatable bonds is 77. The molecule has 0 spiro atoms. The molecule has 2 unspecified atom stereocenters. The predicted octanol–water partition coefficient (Wildman–Crippen LogP) is 26.5. The quantitative estimate of drug-likeness (QED) is 0.0417. The number of unbranched alkanes of at least 4 members (excludes halogenated alkanes) is 66. The third-order valence-corrected chi connectivity index (χ3v) is 19.4. The van der Waals surface area contributed by atoms with Crippen molar-refractivity contribution in [1.29, 1.82) is 0 Å². The van der Waals surface area contributed by atoms with Crippen LogP contribution in [0.25, 0.3) is 0 Å². The van der Waals surface area contributed by atoms with Crippen LogP contribution in [0.2, 0.25) is 0 Å². The summed E-state index contributed by atoms with van der Waals surface area (Å²) in [6.45, 7) is 5.02. The Balaban J connectivity index is 3.30. The molecule has 86 heavy (non-hydrogen) atoms. The van der Waals surface area contributed by atoms with Gasteiger partial charge in [0.15, 0.2) is 0 Å². The first-order valence-electron chi connectivity index (χ1n) is 40.3. The highest BCUT2D eigenvalue weighted by atomic mass is 16.5. The van der Waals surface area contributed by atoms with Gasteiger partial charge in [-0.15, -0.1) is 0 Å². The van der Waals surface area contributed by atoms with E-state index in [0.29, 0.717) is 25.9 Å². The molecule has 0 fully saturated rings. The zero-order chi connectivity index (χ0) is 62.0. The van der Waals surface area contributed by atoms with Crippen LogP contribution >= 0.6 is 0 Å². The standard InChI is InChI=1S/C80H159NO5/c1-3-5-7-9-11-13-15-17-19-21-22-38-41-44-48-52-56-60-64-68-72-78(83)77(76-82)81-79(84)73-69-65-61-57-53-49-45-42-39-36-34-32-30-28-26-24-23-25-27-29-31-33-35-37-40-43-47-51-55-59-63-67-71-75-86-80(85)74-70-66-62-58-54-50-46-20-18-16-14-12-10-8-6-4-2/h77-78,82-83H,3-76H2,1-2H3,(H,81,84). The van der Waals surface area contributed by atoms with Gasteiger partial charge in [0, 0.05) is 12.8 Å². The molecule has 0 heterocycles. The van der Waals surface area contributed by atoms with E-state index < -0.39 is 12.1 Å². The van der Waals surface area contributed by atoms with Crippen LogP contribution in [0.3, 0.4) is 0 Å². The maximum absolute atomic E-state index is 12.6. The van der Waals surface area contributed by atoms with Crippen LogP contribution in [0.1, 0.15) is 476 Å². The lowest BCUT2D eigenvalue weighted by Crippen LogP contribution is -2.45. The van der Waals surface area contributed by atoms with Gasteiger partial charge in [0.25, 0.3) is 0 Å². The summed E-state index contributed by atoms with van der Waals surface area (Å²) in [6.07, 6.45) is 94.9. The molecule has 0 aliphatic carbocycles. The predicted molar refractivity (Wildman–Crippen MR) is 380 cm³/mol. The number of nitrogens with one attached hydrogen (secondary N) is 1. The van der Waals surface area contributed by atoms with E-state index in [9.17, 15) is 19.8 Å². The number of esters is 1. The molecular formula is C80H159NO5. The van der Waals surface area contributed by atoms with Crippen LogP contribution in [0.15, 0.2) is 0 Å². The number of carbonyl (C=O) groups excluding carboxylic acids is 2. The maximum Gasteiger partial charge on any atom is 0.305 e. The van der Waals surface area contributed by atoms with Crippen molar-refractivity contribution < 1.29 is 24.5 Å². The summed E-state index contributed by atoms with van der Waals surface area (Å²) in [4.78, 5) is 24.7. The van der Waals surface area contributed by atoms with Crippen molar-refractivity contribution in [2.75, 3.05) is 13.2 Å². The van der Waals surface area contributed by atoms with E-state index in [2.05, 4.69) is 19.2 Å². The van der Waals surface area contributed by atoms with E-state index in [0.717, 1.165) is 38.5 Å². The van der Waals surface area contributed by atoms with E-state index in [1.54, 1.807) is 0 Å². The lowest BCUT2D eigenvalue weighted by Gasteiger charge is -2.22. The third-order valence-electron chi connectivity index (χ3n) is 19.4. The Labute approximate surface area is 540 Å². The summed E-state index contributed by atoms with van der Waals surface area (Å²) in [6, 6.07) is -0.538. The molecule has 2 atom stereocenters. The third kappa shape index (κ3) is 71.9. The van der Waals surface area contributed by atoms with Gasteiger partial charge in [0.2, 0.25) is 5.91 Å². The highest BCUT2D eigenvalue weighted by molar-refractivity contribution is 5.76. The van der Waals surface area contributed by atoms with Crippen molar-refractivity contribution in [3.63, 3.8) is 0 Å². The molecular weight excluding hydrogens is 1050 g/mol. The van der Waals surface area contributed by atoms with Crippen molar-refractivity contribution in [3.8, 4) is 0 Å². The zero-order valence-electron chi connectivity index (χ0n) is 59.1. The van der Waals surface area contributed by atoms with Crippen LogP contribution < -0.4 is 5.32 Å². The number of hydrogen-bond acceptors (Lipinski definition) is 5. The summed E-state index contributed by atoms with van der Waals surface area (Å²) < 4.78 is 5.51. The molecule has 1 amide bonds. The van der Waals surface area contributed by atoms with Crippen LogP contribution in [-0.4, -0.2) is 47.4 Å². The summed E-state index contributed by atoms with van der Waals surface area (Å²) in [7, 11) is 0. The number of carbonyl (C=O) groups is 2. The van der Waals surface area contributed by atoms with Gasteiger partial charge in [-0.2, -0.15) is 0 Å². The molecule has 0 radical (unpaired) electrons. The second-order valence-corrected chi connectivity index (χ2v) is 28.1. The van der Waals surface area contributed by atoms with Gasteiger partial charge in [-0.3, -0.25) is 9.59 Å². The minimum atomic E-state index is -0.661. The smallest absolute Gasteiger partial charge is 0.305 e. The molecule has 0 aromatic heterocycles. The van der Waals surface area contributed by atoms with Crippen molar-refractivity contribution in [1.82, 2.24) is 5.32 Å². The minimum absolute atomic E-state index is 0.0242. The molecule has 0 aliphatic rings. The second-order valence-electron chi connectivity index (χ2n) is 28.1. The zero-order valence-corrected chi connectivity index (χ0v) is 59.1. The van der Waals surface area contributed by atoms with Crippen molar-refractivity contribution >= 4 is 11.9 Å². The first-order chi connectivity index (χ1) is 42.5. The number of aliphatic hydroxyl groups excluding tert-OH is 2. The Kier molecular flexibility index (Phi) is 75.3. The topological polar surface area (TPSA) is 95.9 Å². The maximum atomic E-state index is 12.6. The lowest BCUT2D eigenvalue weighted by atomic mass is 10.0. The average molecular weight is 1220 g/mol. The van der Waals surface area contributed by atoms with Crippen LogP contribution in [-0.2, 0) is 14.3 Å². The monoisotopic (exact) mass is 1210 g/mol. The average Bonchev–Trinajstić information content (AvgIpc) is 3.61. The normalized spacial score (nSPS) is 12.4. The van der Waals surface area contributed by atoms with Crippen LogP contribution in [0.5, 0.6) is 0 Å². The lowest BCUT2D eigenvalue weighted by molar-refractivity contribution is -0.143. The van der Waals surface area contributed by atoms with E-state index in [-0.39, 0.29) is 18.5 Å². The Bertz CT molecular complexity index is 1260. The molecule has 0 saturated carbocycles. The second kappa shape index (κ2) is 76.3. The fraction of sp³-hybridized carbons (Fsp3) is 0.975. The van der Waals surface area contributed by atoms with Crippen molar-refractivity contribution in [3.05, 3.63) is 0 Å². The van der Waals surface area contributed by atoms with E-state index >= 15 is 0 Å². The molecule has 0 aliphatic heterocycles. The number of ether oxygens (including phenoxy) is 1. The molecule has 0 rings (SSSR count). The van der Waals surface area contributed by atoms with E-state index in [1.807, 2.05) is 0 Å². The highest BCUT2D eigenvalue weighted by Crippen LogP contribution is 2.21. The summed E-state index contributed by atoms with van der Waals surface area (Å²) in [5, 5.41) is 23.4. The number of hydrogen-bond donors (Lipinski definition) is 3. The summed E-state index contributed by atoms with van der Waals surface area (Å²) in [5.41, 5.74) is 0. The number of aliphatic hydroxyl groups is 2. The van der Waals surface area contributed by atoms with Crippen LogP contribution in [0, 0.1) is 0 Å². The molecule has 6 nitrogen and oxygen atoms in total. The SMILES string of the molecule is CCCCCCCCCCCCCCCCCCCCCCC(O)C(CO)NC(=O)CCCCCCCCCCCCCCCCCCCCCCCCCCCCCCCCCCCOC(=O)CCCCCCCCCCCCCCCCCC. The van der Waals surface area contributed by atoms with Gasteiger partial charge < -0.3 is 20.3 Å². The molecule has 0 saturated heterocycles. The van der Waals surface area contributed by atoms with Gasteiger partial charge in [-0.05, 0) is 25.7 Å². The molecule has 3 N–H and O–H groups in total. The highest BCUT2D eigenvalue weighted by Gasteiger charge is 2.20. The largest absolute Gasteiger partial charge is 0.466 e. The Morgan fingerprint density at radius 1 is 0.279 bits per heavy atom. The van der Waals surface area contributed by atoms with Gasteiger partial charge in [0.05, 0.1) is 25.4 Å². The first kappa shape index (κ1) is 84.9. The summed E-state index contributed by atoms with van der Waals surface area (Å²) >= 11 is 0. The van der Waals surface area contributed by atoms with E-state index in [1.165, 1.54) is 405 Å². The Morgan fingerprint density at radius 3 is 0.709 bits per heavy atom. The van der Waals surface area contributed by atoms with Gasteiger partial charge in [0.1, 0.15) is 0 Å². The molecule has 514 valence electrons. The van der Waals surface area contributed by atoms with E-state index in [4.69, 9.17) is 4.74 Å². The minimum Gasteiger partial charge on any atom is -0.466 e. The molecule has 6 heteroatoms. The summed E-state index contributed by atoms with van der Waals surface area (Å²) in [5.74, 6) is 0.00252. The first-order valence-corrected chi connectivity index (χ1v) is 40.3.